The Morgan fingerprint density at radius 2 is 1.72 bits per heavy atom. The van der Waals surface area contributed by atoms with Crippen LogP contribution in [0.5, 0.6) is 28.7 Å². The van der Waals surface area contributed by atoms with E-state index in [0.717, 1.165) is 11.3 Å². The van der Waals surface area contributed by atoms with E-state index in [1.165, 1.54) is 13.2 Å². The van der Waals surface area contributed by atoms with E-state index in [1.807, 2.05) is 12.1 Å². The number of hydrogen-bond donors (Lipinski definition) is 1. The number of aromatic hydroxyl groups is 1. The molecule has 29 heavy (non-hydrogen) atoms. The SMILES string of the molecule is COc1cc(C2SCC(c3ccc(OC)c(OC)c3OC)S2)cc([N+](=O)[O-])c1O. The van der Waals surface area contributed by atoms with Gasteiger partial charge < -0.3 is 24.1 Å². The molecule has 3 rings (SSSR count). The third-order valence-electron chi connectivity index (χ3n) is 4.53. The maximum absolute atomic E-state index is 11.3. The molecule has 2 aromatic rings. The van der Waals surface area contributed by atoms with E-state index >= 15 is 0 Å². The number of rotatable bonds is 7. The van der Waals surface area contributed by atoms with Crippen molar-refractivity contribution in [3.05, 3.63) is 45.5 Å². The zero-order valence-electron chi connectivity index (χ0n) is 16.3. The van der Waals surface area contributed by atoms with Gasteiger partial charge in [-0.15, -0.1) is 23.5 Å². The lowest BCUT2D eigenvalue weighted by Gasteiger charge is -2.19. The Bertz CT molecular complexity index is 922. The average Bonchev–Trinajstić information content (AvgIpc) is 3.22. The van der Waals surface area contributed by atoms with E-state index in [4.69, 9.17) is 18.9 Å². The first-order chi connectivity index (χ1) is 13.9. The summed E-state index contributed by atoms with van der Waals surface area (Å²) in [6.45, 7) is 0. The number of methoxy groups -OCH3 is 4. The second-order valence-electron chi connectivity index (χ2n) is 6.06. The van der Waals surface area contributed by atoms with Crippen molar-refractivity contribution >= 4 is 29.2 Å². The minimum Gasteiger partial charge on any atom is -0.500 e. The zero-order valence-corrected chi connectivity index (χ0v) is 18.0. The number of nitro groups is 1. The normalized spacial score (nSPS) is 18.3. The van der Waals surface area contributed by atoms with Crippen LogP contribution in [-0.4, -0.2) is 44.2 Å². The summed E-state index contributed by atoms with van der Waals surface area (Å²) in [5, 5.41) is 21.4. The fourth-order valence-corrected chi connectivity index (χ4v) is 6.45. The molecule has 2 unspecified atom stereocenters. The Kier molecular flexibility index (Phi) is 6.53. The Labute approximate surface area is 176 Å². The fraction of sp³-hybridized carbons (Fsp3) is 0.368. The van der Waals surface area contributed by atoms with Gasteiger partial charge in [0.15, 0.2) is 17.2 Å². The van der Waals surface area contributed by atoms with Gasteiger partial charge in [0.05, 0.1) is 37.9 Å². The summed E-state index contributed by atoms with van der Waals surface area (Å²) in [6.07, 6.45) is 0. The van der Waals surface area contributed by atoms with Crippen molar-refractivity contribution in [2.75, 3.05) is 34.2 Å². The van der Waals surface area contributed by atoms with Crippen LogP contribution in [-0.2, 0) is 0 Å². The van der Waals surface area contributed by atoms with Crippen molar-refractivity contribution in [2.45, 2.75) is 9.83 Å². The van der Waals surface area contributed by atoms with Crippen molar-refractivity contribution in [1.82, 2.24) is 0 Å². The summed E-state index contributed by atoms with van der Waals surface area (Å²) in [5.74, 6) is 2.12. The number of nitrogens with zero attached hydrogens (tertiary/aromatic N) is 1. The van der Waals surface area contributed by atoms with Gasteiger partial charge in [0.25, 0.3) is 0 Å². The first-order valence-corrected chi connectivity index (χ1v) is 10.6. The second-order valence-corrected chi connectivity index (χ2v) is 8.81. The van der Waals surface area contributed by atoms with Gasteiger partial charge in [0.1, 0.15) is 0 Å². The standard InChI is InChI=1S/C19H21NO7S2/c1-24-13-6-5-11(17(26-3)18(13)27-4)15-9-28-19(29-15)10-7-12(20(22)23)16(21)14(8-10)25-2/h5-8,15,19,21H,9H2,1-4H3. The van der Waals surface area contributed by atoms with E-state index in [9.17, 15) is 15.2 Å². The Balaban J connectivity index is 1.93. The molecule has 0 spiro atoms. The van der Waals surface area contributed by atoms with Crippen LogP contribution in [0.4, 0.5) is 5.69 Å². The van der Waals surface area contributed by atoms with Gasteiger partial charge in [0, 0.05) is 22.6 Å². The molecule has 1 N–H and O–H groups in total. The van der Waals surface area contributed by atoms with E-state index in [1.54, 1.807) is 50.9 Å². The number of phenolic OH excluding ortho intramolecular Hbond substituents is 1. The average molecular weight is 440 g/mol. The molecule has 0 aromatic heterocycles. The number of phenols is 1. The van der Waals surface area contributed by atoms with E-state index < -0.39 is 10.7 Å². The molecule has 2 atom stereocenters. The van der Waals surface area contributed by atoms with Crippen LogP contribution < -0.4 is 18.9 Å². The third-order valence-corrected chi connectivity index (χ3v) is 7.86. The maximum atomic E-state index is 11.3. The monoisotopic (exact) mass is 439 g/mol. The van der Waals surface area contributed by atoms with Crippen molar-refractivity contribution < 1.29 is 29.0 Å². The van der Waals surface area contributed by atoms with Crippen molar-refractivity contribution in [1.29, 1.82) is 0 Å². The van der Waals surface area contributed by atoms with Crippen LogP contribution in [0.25, 0.3) is 0 Å². The van der Waals surface area contributed by atoms with Gasteiger partial charge in [0.2, 0.25) is 11.5 Å². The maximum Gasteiger partial charge on any atom is 0.315 e. The highest BCUT2D eigenvalue weighted by Gasteiger charge is 2.34. The number of thioether (sulfide) groups is 2. The molecular formula is C19H21NO7S2. The van der Waals surface area contributed by atoms with Crippen LogP contribution in [0.15, 0.2) is 24.3 Å². The number of nitro benzene ring substituents is 1. The summed E-state index contributed by atoms with van der Waals surface area (Å²) in [5.41, 5.74) is 1.31. The molecule has 156 valence electrons. The van der Waals surface area contributed by atoms with Crippen LogP contribution in [0.2, 0.25) is 0 Å². The lowest BCUT2D eigenvalue weighted by Crippen LogP contribution is -2.01. The van der Waals surface area contributed by atoms with Crippen LogP contribution in [0, 0.1) is 10.1 Å². The highest BCUT2D eigenvalue weighted by Crippen LogP contribution is 2.59. The predicted octanol–water partition coefficient (Wildman–Crippen LogP) is 4.55. The molecule has 1 heterocycles. The summed E-state index contributed by atoms with van der Waals surface area (Å²) < 4.78 is 21.5. The van der Waals surface area contributed by atoms with E-state index in [-0.39, 0.29) is 21.3 Å². The topological polar surface area (TPSA) is 100 Å². The van der Waals surface area contributed by atoms with Gasteiger partial charge in [-0.3, -0.25) is 10.1 Å². The largest absolute Gasteiger partial charge is 0.500 e. The molecular weight excluding hydrogens is 418 g/mol. The summed E-state index contributed by atoms with van der Waals surface area (Å²) in [6, 6.07) is 6.82. The quantitative estimate of drug-likeness (QED) is 0.492. The lowest BCUT2D eigenvalue weighted by molar-refractivity contribution is -0.386. The molecule has 1 aliphatic heterocycles. The molecule has 0 saturated carbocycles. The van der Waals surface area contributed by atoms with Crippen LogP contribution >= 0.6 is 23.5 Å². The highest BCUT2D eigenvalue weighted by atomic mass is 32.2. The fourth-order valence-electron chi connectivity index (χ4n) is 3.16. The predicted molar refractivity (Wildman–Crippen MR) is 113 cm³/mol. The Morgan fingerprint density at radius 3 is 2.31 bits per heavy atom. The molecule has 0 amide bonds. The Morgan fingerprint density at radius 1 is 1.03 bits per heavy atom. The van der Waals surface area contributed by atoms with Gasteiger partial charge in [-0.2, -0.15) is 0 Å². The van der Waals surface area contributed by atoms with Crippen molar-refractivity contribution in [3.8, 4) is 28.7 Å². The van der Waals surface area contributed by atoms with Crippen molar-refractivity contribution in [3.63, 3.8) is 0 Å². The lowest BCUT2D eigenvalue weighted by atomic mass is 10.1. The highest BCUT2D eigenvalue weighted by molar-refractivity contribution is 8.19. The van der Waals surface area contributed by atoms with Crippen LogP contribution in [0.3, 0.4) is 0 Å². The minimum atomic E-state index is -0.611. The molecule has 0 aliphatic carbocycles. The summed E-state index contributed by atoms with van der Waals surface area (Å²) in [4.78, 5) is 10.7. The first-order valence-electron chi connectivity index (χ1n) is 8.56. The van der Waals surface area contributed by atoms with E-state index in [0.29, 0.717) is 22.8 Å². The summed E-state index contributed by atoms with van der Waals surface area (Å²) >= 11 is 3.31. The molecule has 1 aliphatic rings. The molecule has 1 saturated heterocycles. The number of ether oxygens (including phenoxy) is 4. The molecule has 10 heteroatoms. The smallest absolute Gasteiger partial charge is 0.315 e. The first kappa shape index (κ1) is 21.3. The molecule has 2 aromatic carbocycles. The number of hydrogen-bond acceptors (Lipinski definition) is 9. The number of benzene rings is 2. The van der Waals surface area contributed by atoms with E-state index in [2.05, 4.69) is 0 Å². The zero-order chi connectivity index (χ0) is 21.1. The minimum absolute atomic E-state index is 0.0639. The molecule has 0 radical (unpaired) electrons. The molecule has 1 fully saturated rings. The van der Waals surface area contributed by atoms with Gasteiger partial charge in [-0.1, -0.05) is 6.07 Å². The summed E-state index contributed by atoms with van der Waals surface area (Å²) in [7, 11) is 6.08. The molecule has 8 nitrogen and oxygen atoms in total. The van der Waals surface area contributed by atoms with Gasteiger partial charge >= 0.3 is 5.69 Å². The third kappa shape index (κ3) is 3.99. The second kappa shape index (κ2) is 8.91. The van der Waals surface area contributed by atoms with Gasteiger partial charge in [-0.25, -0.2) is 0 Å². The van der Waals surface area contributed by atoms with Crippen LogP contribution in [0.1, 0.15) is 21.0 Å². The Hall–Kier alpha value is -2.46. The van der Waals surface area contributed by atoms with Gasteiger partial charge in [-0.05, 0) is 17.7 Å². The van der Waals surface area contributed by atoms with Crippen molar-refractivity contribution in [2.24, 2.45) is 0 Å². The molecule has 0 bridgehead atoms.